The highest BCUT2D eigenvalue weighted by Gasteiger charge is 2.35. The van der Waals surface area contributed by atoms with Crippen molar-refractivity contribution in [3.63, 3.8) is 0 Å². The molecule has 194 valence electrons. The quantitative estimate of drug-likeness (QED) is 0.412. The summed E-state index contributed by atoms with van der Waals surface area (Å²) in [7, 11) is 0. The van der Waals surface area contributed by atoms with E-state index in [4.69, 9.17) is 0 Å². The Balaban J connectivity index is 1.20. The van der Waals surface area contributed by atoms with Crippen LogP contribution in [0.4, 0.5) is 15.9 Å². The van der Waals surface area contributed by atoms with E-state index in [9.17, 15) is 23.9 Å². The van der Waals surface area contributed by atoms with Crippen LogP contribution in [0.25, 0.3) is 11.2 Å². The number of aliphatic carboxylic acids is 1. The molecule has 6 rings (SSSR count). The zero-order chi connectivity index (χ0) is 26.4. The number of hydrogen-bond donors (Lipinski definition) is 2. The number of carboxylic acid groups (broad SMARTS) is 1. The van der Waals surface area contributed by atoms with E-state index in [0.29, 0.717) is 48.6 Å². The average molecular weight is 518 g/mol. The van der Waals surface area contributed by atoms with Gasteiger partial charge in [0.1, 0.15) is 23.7 Å². The summed E-state index contributed by atoms with van der Waals surface area (Å²) >= 11 is 0. The zero-order valence-corrected chi connectivity index (χ0v) is 20.2. The van der Waals surface area contributed by atoms with Gasteiger partial charge in [-0.25, -0.2) is 24.1 Å². The highest BCUT2D eigenvalue weighted by Crippen LogP contribution is 2.39. The predicted octanol–water partition coefficient (Wildman–Crippen LogP) is 2.71. The fourth-order valence-electron chi connectivity index (χ4n) is 5.54. The number of rotatable bonds is 5. The number of aromatic nitrogens is 5. The van der Waals surface area contributed by atoms with Gasteiger partial charge in [0.25, 0.3) is 5.91 Å². The summed E-state index contributed by atoms with van der Waals surface area (Å²) in [6.07, 6.45) is 4.18. The Morgan fingerprint density at radius 3 is 2.71 bits per heavy atom. The Labute approximate surface area is 215 Å². The number of halogens is 1. The summed E-state index contributed by atoms with van der Waals surface area (Å²) in [5.74, 6) is -1.81. The second kappa shape index (κ2) is 9.36. The Kier molecular flexibility index (Phi) is 5.86. The van der Waals surface area contributed by atoms with Gasteiger partial charge in [-0.2, -0.15) is 0 Å². The second-order valence-electron chi connectivity index (χ2n) is 9.56. The Bertz CT molecular complexity index is 1610. The molecule has 4 aromatic rings. The van der Waals surface area contributed by atoms with Crippen LogP contribution in [-0.2, 0) is 4.79 Å². The van der Waals surface area contributed by atoms with Crippen LogP contribution in [0.15, 0.2) is 53.7 Å². The minimum atomic E-state index is -1.02. The van der Waals surface area contributed by atoms with Crippen LogP contribution in [0.3, 0.4) is 0 Å². The minimum absolute atomic E-state index is 0.00676. The summed E-state index contributed by atoms with van der Waals surface area (Å²) < 4.78 is 15.7. The molecule has 1 fully saturated rings. The summed E-state index contributed by atoms with van der Waals surface area (Å²) in [5, 5.41) is 9.29. The summed E-state index contributed by atoms with van der Waals surface area (Å²) in [6.45, 7) is 1.38. The molecule has 2 N–H and O–H groups in total. The Hall–Kier alpha value is -4.61. The van der Waals surface area contributed by atoms with Gasteiger partial charge < -0.3 is 14.9 Å². The van der Waals surface area contributed by atoms with Gasteiger partial charge in [-0.05, 0) is 48.7 Å². The maximum Gasteiger partial charge on any atom is 0.327 e. The number of carbonyl (C=O) groups is 2. The Morgan fingerprint density at radius 2 is 1.92 bits per heavy atom. The average Bonchev–Trinajstić information content (AvgIpc) is 3.44. The molecule has 12 heteroatoms. The van der Waals surface area contributed by atoms with Crippen LogP contribution in [0, 0.1) is 5.82 Å². The molecule has 11 nitrogen and oxygen atoms in total. The largest absolute Gasteiger partial charge is 0.481 e. The van der Waals surface area contributed by atoms with Crippen LogP contribution < -0.4 is 15.5 Å². The lowest BCUT2D eigenvalue weighted by molar-refractivity contribution is -0.137. The lowest BCUT2D eigenvalue weighted by Gasteiger charge is -2.33. The maximum absolute atomic E-state index is 13.9. The molecule has 1 aromatic carbocycles. The van der Waals surface area contributed by atoms with Crippen molar-refractivity contribution in [2.75, 3.05) is 29.4 Å². The normalized spacial score (nSPS) is 17.7. The minimum Gasteiger partial charge on any atom is -0.481 e. The molecule has 1 unspecified atom stereocenters. The van der Waals surface area contributed by atoms with Gasteiger partial charge >= 0.3 is 11.7 Å². The van der Waals surface area contributed by atoms with Crippen LogP contribution in [-0.4, -0.2) is 61.1 Å². The number of aromatic amines is 1. The third kappa shape index (κ3) is 4.17. The van der Waals surface area contributed by atoms with E-state index >= 15 is 0 Å². The van der Waals surface area contributed by atoms with Crippen molar-refractivity contribution in [2.45, 2.75) is 31.2 Å². The summed E-state index contributed by atoms with van der Waals surface area (Å²) in [4.78, 5) is 56.5. The number of anilines is 2. The number of carbonyl (C=O) groups excluding carboxylic acids is 1. The van der Waals surface area contributed by atoms with Gasteiger partial charge in [0.2, 0.25) is 0 Å². The molecule has 2 aliphatic rings. The monoisotopic (exact) mass is 517 g/mol. The molecule has 2 aliphatic heterocycles. The smallest absolute Gasteiger partial charge is 0.327 e. The summed E-state index contributed by atoms with van der Waals surface area (Å²) in [5.41, 5.74) is 2.32. The SMILES string of the molecule is O=C(O)CC1CN(C(=O)c2cc(N3CCC(n4c(=O)[nH]c5ncccc54)CC3)ncn2)c2ccc(F)cc21. The number of benzene rings is 1. The third-order valence-corrected chi connectivity index (χ3v) is 7.30. The molecule has 38 heavy (non-hydrogen) atoms. The number of carboxylic acids is 1. The molecule has 0 saturated carbocycles. The van der Waals surface area contributed by atoms with Crippen molar-refractivity contribution in [1.82, 2.24) is 24.5 Å². The molecule has 0 bridgehead atoms. The van der Waals surface area contributed by atoms with E-state index in [-0.39, 0.29) is 30.4 Å². The number of nitrogens with zero attached hydrogens (tertiary/aromatic N) is 6. The first kappa shape index (κ1) is 23.8. The van der Waals surface area contributed by atoms with E-state index in [0.717, 1.165) is 5.52 Å². The first-order valence-electron chi connectivity index (χ1n) is 12.3. The van der Waals surface area contributed by atoms with E-state index in [1.54, 1.807) is 22.9 Å². The number of hydrogen-bond acceptors (Lipinski definition) is 7. The van der Waals surface area contributed by atoms with Gasteiger partial charge in [0.05, 0.1) is 11.9 Å². The standard InChI is InChI=1S/C26H24FN7O4/c27-16-3-4-20-18(11-16)15(10-23(35)36)13-33(20)25(37)19-12-22(30-14-29-19)32-8-5-17(6-9-32)34-21-2-1-7-28-24(21)31-26(34)38/h1-4,7,11-12,14-15,17H,5-6,8-10,13H2,(H,35,36)(H,28,31,38). The van der Waals surface area contributed by atoms with Crippen molar-refractivity contribution < 1.29 is 19.1 Å². The second-order valence-corrected chi connectivity index (χ2v) is 9.56. The van der Waals surface area contributed by atoms with Crippen LogP contribution in [0.2, 0.25) is 0 Å². The molecule has 1 amide bonds. The topological polar surface area (TPSA) is 137 Å². The number of amides is 1. The molecule has 1 atom stereocenters. The van der Waals surface area contributed by atoms with Crippen LogP contribution >= 0.6 is 0 Å². The number of nitrogens with one attached hydrogen (secondary N) is 1. The molecule has 0 spiro atoms. The maximum atomic E-state index is 13.9. The van der Waals surface area contributed by atoms with Crippen molar-refractivity contribution >= 4 is 34.5 Å². The van der Waals surface area contributed by atoms with Crippen molar-refractivity contribution in [1.29, 1.82) is 0 Å². The number of piperidine rings is 1. The van der Waals surface area contributed by atoms with Crippen LogP contribution in [0.5, 0.6) is 0 Å². The number of pyridine rings is 1. The van der Waals surface area contributed by atoms with Crippen molar-refractivity contribution in [3.05, 3.63) is 76.5 Å². The number of H-pyrrole nitrogens is 1. The van der Waals surface area contributed by atoms with E-state index in [2.05, 4.69) is 19.9 Å². The lowest BCUT2D eigenvalue weighted by Crippen LogP contribution is -2.37. The van der Waals surface area contributed by atoms with Gasteiger partial charge in [-0.3, -0.25) is 19.1 Å². The van der Waals surface area contributed by atoms with Gasteiger partial charge in [-0.15, -0.1) is 0 Å². The Morgan fingerprint density at radius 1 is 1.11 bits per heavy atom. The molecule has 5 heterocycles. The first-order valence-corrected chi connectivity index (χ1v) is 12.3. The number of fused-ring (bicyclic) bond motifs is 2. The third-order valence-electron chi connectivity index (χ3n) is 7.30. The van der Waals surface area contributed by atoms with Crippen LogP contribution in [0.1, 0.15) is 47.3 Å². The predicted molar refractivity (Wildman–Crippen MR) is 136 cm³/mol. The fourth-order valence-corrected chi connectivity index (χ4v) is 5.54. The van der Waals surface area contributed by atoms with Gasteiger partial charge in [0.15, 0.2) is 5.65 Å². The van der Waals surface area contributed by atoms with E-state index < -0.39 is 23.6 Å². The van der Waals surface area contributed by atoms with E-state index in [1.807, 2.05) is 11.0 Å². The molecule has 1 saturated heterocycles. The highest BCUT2D eigenvalue weighted by atomic mass is 19.1. The van der Waals surface area contributed by atoms with Gasteiger partial charge in [0, 0.05) is 49.5 Å². The molecule has 0 radical (unpaired) electrons. The fraction of sp³-hybridized carbons (Fsp3) is 0.308. The highest BCUT2D eigenvalue weighted by molar-refractivity contribution is 6.06. The molecule has 3 aromatic heterocycles. The van der Waals surface area contributed by atoms with Gasteiger partial charge in [-0.1, -0.05) is 0 Å². The van der Waals surface area contributed by atoms with E-state index in [1.165, 1.54) is 29.4 Å². The lowest BCUT2D eigenvalue weighted by atomic mass is 9.98. The summed E-state index contributed by atoms with van der Waals surface area (Å²) in [6, 6.07) is 9.36. The molecular weight excluding hydrogens is 493 g/mol. The first-order chi connectivity index (χ1) is 18.4. The molecular formula is C26H24FN7O4. The van der Waals surface area contributed by atoms with Crippen molar-refractivity contribution in [2.24, 2.45) is 0 Å². The van der Waals surface area contributed by atoms with Crippen molar-refractivity contribution in [3.8, 4) is 0 Å². The zero-order valence-electron chi connectivity index (χ0n) is 20.2. The molecule has 0 aliphatic carbocycles. The number of imidazole rings is 1.